The Morgan fingerprint density at radius 1 is 1.00 bits per heavy atom. The maximum atomic E-state index is 12.0. The van der Waals surface area contributed by atoms with Crippen molar-refractivity contribution in [3.63, 3.8) is 0 Å². The molecule has 126 valence electrons. The van der Waals surface area contributed by atoms with Gasteiger partial charge in [-0.05, 0) is 61.7 Å². The van der Waals surface area contributed by atoms with Gasteiger partial charge in [0.2, 0.25) is 5.91 Å². The number of nitrogens with one attached hydrogen (secondary N) is 2. The molecule has 24 heavy (non-hydrogen) atoms. The largest absolute Gasteiger partial charge is 0.376 e. The van der Waals surface area contributed by atoms with Crippen LogP contribution in [0.25, 0.3) is 0 Å². The molecule has 0 bridgehead atoms. The number of nitrogens with zero attached hydrogens (tertiary/aromatic N) is 1. The SMILES string of the molecule is O=C(CNc1cccc(Cl)c1)Nc1ccc(N2CCCCC2)cc1. The third-order valence-corrected chi connectivity index (χ3v) is 4.39. The fraction of sp³-hybridized carbons (Fsp3) is 0.316. The van der Waals surface area contributed by atoms with Crippen molar-refractivity contribution < 1.29 is 4.79 Å². The second-order valence-electron chi connectivity index (χ2n) is 6.01. The molecule has 0 unspecified atom stereocenters. The fourth-order valence-corrected chi connectivity index (χ4v) is 3.08. The summed E-state index contributed by atoms with van der Waals surface area (Å²) >= 11 is 5.92. The van der Waals surface area contributed by atoms with E-state index in [1.165, 1.54) is 24.9 Å². The Balaban J connectivity index is 1.50. The number of halogens is 1. The molecule has 1 aliphatic rings. The fourth-order valence-electron chi connectivity index (χ4n) is 2.89. The van der Waals surface area contributed by atoms with Crippen molar-refractivity contribution in [3.05, 3.63) is 53.6 Å². The number of benzene rings is 2. The summed E-state index contributed by atoms with van der Waals surface area (Å²) in [5, 5.41) is 6.61. The van der Waals surface area contributed by atoms with Crippen molar-refractivity contribution in [2.75, 3.05) is 35.2 Å². The van der Waals surface area contributed by atoms with Crippen LogP contribution in [0.5, 0.6) is 0 Å². The Labute approximate surface area is 147 Å². The minimum atomic E-state index is -0.0827. The molecule has 0 spiro atoms. The van der Waals surface area contributed by atoms with Gasteiger partial charge in [-0.25, -0.2) is 0 Å². The zero-order chi connectivity index (χ0) is 16.8. The van der Waals surface area contributed by atoms with E-state index < -0.39 is 0 Å². The number of carbonyl (C=O) groups excluding carboxylic acids is 1. The Morgan fingerprint density at radius 3 is 2.46 bits per heavy atom. The third-order valence-electron chi connectivity index (χ3n) is 4.15. The minimum absolute atomic E-state index is 0.0827. The van der Waals surface area contributed by atoms with Crippen molar-refractivity contribution in [3.8, 4) is 0 Å². The zero-order valence-corrected chi connectivity index (χ0v) is 14.4. The highest BCUT2D eigenvalue weighted by molar-refractivity contribution is 6.30. The molecule has 1 fully saturated rings. The zero-order valence-electron chi connectivity index (χ0n) is 13.6. The minimum Gasteiger partial charge on any atom is -0.376 e. The Morgan fingerprint density at radius 2 is 1.75 bits per heavy atom. The van der Waals surface area contributed by atoms with Gasteiger partial charge in [0.1, 0.15) is 0 Å². The summed E-state index contributed by atoms with van der Waals surface area (Å²) in [6.45, 7) is 2.44. The van der Waals surface area contributed by atoms with Gasteiger partial charge in [-0.2, -0.15) is 0 Å². The maximum absolute atomic E-state index is 12.0. The van der Waals surface area contributed by atoms with Gasteiger partial charge in [0.05, 0.1) is 6.54 Å². The van der Waals surface area contributed by atoms with Gasteiger partial charge in [0, 0.05) is 35.2 Å². The molecule has 1 saturated heterocycles. The molecular formula is C19H22ClN3O. The highest BCUT2D eigenvalue weighted by Gasteiger charge is 2.10. The van der Waals surface area contributed by atoms with Crippen LogP contribution in [0, 0.1) is 0 Å². The molecule has 4 nitrogen and oxygen atoms in total. The standard InChI is InChI=1S/C19H22ClN3O/c20-15-5-4-6-17(13-15)21-14-19(24)22-16-7-9-18(10-8-16)23-11-2-1-3-12-23/h4-10,13,21H,1-3,11-12,14H2,(H,22,24). The van der Waals surface area contributed by atoms with Crippen molar-refractivity contribution in [1.82, 2.24) is 0 Å². The van der Waals surface area contributed by atoms with Crippen molar-refractivity contribution in [2.45, 2.75) is 19.3 Å². The van der Waals surface area contributed by atoms with E-state index in [0.717, 1.165) is 24.5 Å². The van der Waals surface area contributed by atoms with Crippen molar-refractivity contribution >= 4 is 34.6 Å². The van der Waals surface area contributed by atoms with Crippen LogP contribution in [0.4, 0.5) is 17.1 Å². The number of hydrogen-bond donors (Lipinski definition) is 2. The summed E-state index contributed by atoms with van der Waals surface area (Å²) in [6.07, 6.45) is 3.84. The van der Waals surface area contributed by atoms with E-state index in [9.17, 15) is 4.79 Å². The van der Waals surface area contributed by atoms with Crippen LogP contribution in [0.3, 0.4) is 0 Å². The average molecular weight is 344 g/mol. The molecule has 1 aliphatic heterocycles. The molecule has 0 aliphatic carbocycles. The van der Waals surface area contributed by atoms with Crippen LogP contribution in [0.15, 0.2) is 48.5 Å². The summed E-state index contributed by atoms with van der Waals surface area (Å²) in [7, 11) is 0. The van der Waals surface area contributed by atoms with Crippen molar-refractivity contribution in [2.24, 2.45) is 0 Å². The quantitative estimate of drug-likeness (QED) is 0.846. The molecule has 5 heteroatoms. The van der Waals surface area contributed by atoms with Gasteiger partial charge in [-0.1, -0.05) is 17.7 Å². The molecule has 0 radical (unpaired) electrons. The molecule has 1 heterocycles. The van der Waals surface area contributed by atoms with Crippen LogP contribution in [0.1, 0.15) is 19.3 Å². The lowest BCUT2D eigenvalue weighted by atomic mass is 10.1. The number of anilines is 3. The van der Waals surface area contributed by atoms with Gasteiger partial charge in [-0.15, -0.1) is 0 Å². The number of amides is 1. The number of rotatable bonds is 5. The first-order chi connectivity index (χ1) is 11.7. The number of hydrogen-bond acceptors (Lipinski definition) is 3. The molecule has 0 saturated carbocycles. The van der Waals surface area contributed by atoms with Crippen molar-refractivity contribution in [1.29, 1.82) is 0 Å². The second-order valence-corrected chi connectivity index (χ2v) is 6.44. The monoisotopic (exact) mass is 343 g/mol. The molecule has 2 N–H and O–H groups in total. The topological polar surface area (TPSA) is 44.4 Å². The van der Waals surface area contributed by atoms with Crippen LogP contribution in [-0.4, -0.2) is 25.5 Å². The third kappa shape index (κ3) is 4.65. The number of piperidine rings is 1. The molecule has 3 rings (SSSR count). The summed E-state index contributed by atoms with van der Waals surface area (Å²) in [6, 6.07) is 15.4. The molecule has 2 aromatic carbocycles. The van der Waals surface area contributed by atoms with Crippen LogP contribution >= 0.6 is 11.6 Å². The van der Waals surface area contributed by atoms with Crippen LogP contribution in [-0.2, 0) is 4.79 Å². The van der Waals surface area contributed by atoms with E-state index in [1.54, 1.807) is 12.1 Å². The van der Waals surface area contributed by atoms with E-state index in [-0.39, 0.29) is 12.5 Å². The van der Waals surface area contributed by atoms with E-state index in [2.05, 4.69) is 27.7 Å². The summed E-state index contributed by atoms with van der Waals surface area (Å²) in [5.74, 6) is -0.0827. The summed E-state index contributed by atoms with van der Waals surface area (Å²) in [5.41, 5.74) is 2.87. The molecule has 1 amide bonds. The van der Waals surface area contributed by atoms with Gasteiger partial charge < -0.3 is 15.5 Å². The smallest absolute Gasteiger partial charge is 0.243 e. The highest BCUT2D eigenvalue weighted by atomic mass is 35.5. The Bertz CT molecular complexity index is 681. The number of carbonyl (C=O) groups is 1. The van der Waals surface area contributed by atoms with E-state index in [0.29, 0.717) is 5.02 Å². The molecule has 0 aromatic heterocycles. The van der Waals surface area contributed by atoms with E-state index in [4.69, 9.17) is 11.6 Å². The molecule has 2 aromatic rings. The Kier molecular flexibility index (Phi) is 5.59. The van der Waals surface area contributed by atoms with Gasteiger partial charge >= 0.3 is 0 Å². The van der Waals surface area contributed by atoms with Crippen LogP contribution in [0.2, 0.25) is 5.02 Å². The lowest BCUT2D eigenvalue weighted by Crippen LogP contribution is -2.29. The predicted molar refractivity (Wildman–Crippen MR) is 101 cm³/mol. The van der Waals surface area contributed by atoms with Gasteiger partial charge in [0.25, 0.3) is 0 Å². The molecular weight excluding hydrogens is 322 g/mol. The first-order valence-corrected chi connectivity index (χ1v) is 8.73. The first kappa shape index (κ1) is 16.7. The maximum Gasteiger partial charge on any atom is 0.243 e. The van der Waals surface area contributed by atoms with E-state index >= 15 is 0 Å². The normalized spacial score (nSPS) is 14.3. The lowest BCUT2D eigenvalue weighted by molar-refractivity contribution is -0.114. The second kappa shape index (κ2) is 8.06. The van der Waals surface area contributed by atoms with Crippen LogP contribution < -0.4 is 15.5 Å². The Hall–Kier alpha value is -2.20. The van der Waals surface area contributed by atoms with Gasteiger partial charge in [-0.3, -0.25) is 4.79 Å². The average Bonchev–Trinajstić information content (AvgIpc) is 2.61. The first-order valence-electron chi connectivity index (χ1n) is 8.35. The molecule has 0 atom stereocenters. The summed E-state index contributed by atoms with van der Waals surface area (Å²) in [4.78, 5) is 14.4. The van der Waals surface area contributed by atoms with Gasteiger partial charge in [0.15, 0.2) is 0 Å². The highest BCUT2D eigenvalue weighted by Crippen LogP contribution is 2.21. The van der Waals surface area contributed by atoms with E-state index in [1.807, 2.05) is 24.3 Å². The summed E-state index contributed by atoms with van der Waals surface area (Å²) < 4.78 is 0. The lowest BCUT2D eigenvalue weighted by Gasteiger charge is -2.28. The predicted octanol–water partition coefficient (Wildman–Crippen LogP) is 4.38.